The number of benzene rings is 1. The van der Waals surface area contributed by atoms with Crippen LogP contribution >= 0.6 is 0 Å². The molecule has 0 aliphatic carbocycles. The number of amides is 2. The van der Waals surface area contributed by atoms with Gasteiger partial charge in [-0.05, 0) is 45.7 Å². The van der Waals surface area contributed by atoms with E-state index in [4.69, 9.17) is 9.47 Å². The summed E-state index contributed by atoms with van der Waals surface area (Å²) < 4.78 is 11.1. The average molecular weight is 364 g/mol. The Morgan fingerprint density at radius 2 is 1.88 bits per heavy atom. The van der Waals surface area contributed by atoms with Gasteiger partial charge >= 0.3 is 6.03 Å². The van der Waals surface area contributed by atoms with E-state index in [1.54, 1.807) is 7.11 Å². The van der Waals surface area contributed by atoms with Gasteiger partial charge in [-0.15, -0.1) is 0 Å². The standard InChI is InChI=1S/C20H33N3O3/c1-15-12-23(13-16(2)26-15)20(3,4)14-22-19(24)21-11-10-17-8-6-7-9-18(17)25-5/h6-9,15-16H,10-14H2,1-5H3,(H2,21,22,24)/t15-,16-/m1/s1. The molecule has 0 spiro atoms. The van der Waals surface area contributed by atoms with Gasteiger partial charge in [-0.1, -0.05) is 18.2 Å². The van der Waals surface area contributed by atoms with Crippen LogP contribution in [-0.2, 0) is 11.2 Å². The maximum Gasteiger partial charge on any atom is 0.314 e. The Morgan fingerprint density at radius 1 is 1.23 bits per heavy atom. The molecule has 0 saturated carbocycles. The molecule has 6 nitrogen and oxygen atoms in total. The predicted molar refractivity (Wildman–Crippen MR) is 104 cm³/mol. The molecule has 2 N–H and O–H groups in total. The maximum absolute atomic E-state index is 12.1. The van der Waals surface area contributed by atoms with Crippen molar-refractivity contribution in [2.24, 2.45) is 0 Å². The predicted octanol–water partition coefficient (Wildman–Crippen LogP) is 2.42. The molecule has 1 aromatic carbocycles. The summed E-state index contributed by atoms with van der Waals surface area (Å²) in [5.74, 6) is 0.853. The van der Waals surface area contributed by atoms with Crippen molar-refractivity contribution >= 4 is 6.03 Å². The number of methoxy groups -OCH3 is 1. The van der Waals surface area contributed by atoms with Crippen LogP contribution in [0.25, 0.3) is 0 Å². The fourth-order valence-corrected chi connectivity index (χ4v) is 3.36. The zero-order valence-corrected chi connectivity index (χ0v) is 16.7. The van der Waals surface area contributed by atoms with E-state index in [1.807, 2.05) is 24.3 Å². The van der Waals surface area contributed by atoms with E-state index in [2.05, 4.69) is 43.2 Å². The van der Waals surface area contributed by atoms with E-state index in [0.717, 1.165) is 30.8 Å². The Morgan fingerprint density at radius 3 is 2.54 bits per heavy atom. The first-order chi connectivity index (χ1) is 12.3. The van der Waals surface area contributed by atoms with Gasteiger partial charge in [-0.3, -0.25) is 4.90 Å². The second-order valence-electron chi connectivity index (χ2n) is 7.65. The lowest BCUT2D eigenvalue weighted by Crippen LogP contribution is -2.59. The molecule has 0 bridgehead atoms. The summed E-state index contributed by atoms with van der Waals surface area (Å²) in [5, 5.41) is 5.93. The summed E-state index contributed by atoms with van der Waals surface area (Å²) in [6, 6.07) is 7.73. The Hall–Kier alpha value is -1.79. The normalized spacial score (nSPS) is 21.3. The average Bonchev–Trinajstić information content (AvgIpc) is 2.59. The number of hydrogen-bond acceptors (Lipinski definition) is 4. The first-order valence-corrected chi connectivity index (χ1v) is 9.36. The van der Waals surface area contributed by atoms with Gasteiger partial charge in [0.05, 0.1) is 19.3 Å². The third-order valence-electron chi connectivity index (χ3n) is 4.83. The minimum absolute atomic E-state index is 0.119. The van der Waals surface area contributed by atoms with Gasteiger partial charge in [0.2, 0.25) is 0 Å². The molecule has 1 aliphatic rings. The summed E-state index contributed by atoms with van der Waals surface area (Å²) in [6.07, 6.45) is 1.17. The molecule has 1 fully saturated rings. The highest BCUT2D eigenvalue weighted by atomic mass is 16.5. The fraction of sp³-hybridized carbons (Fsp3) is 0.650. The highest BCUT2D eigenvalue weighted by Crippen LogP contribution is 2.20. The second kappa shape index (κ2) is 9.24. The zero-order valence-electron chi connectivity index (χ0n) is 16.7. The van der Waals surface area contributed by atoms with Gasteiger partial charge < -0.3 is 20.1 Å². The van der Waals surface area contributed by atoms with Crippen LogP contribution in [0.5, 0.6) is 5.75 Å². The lowest BCUT2D eigenvalue weighted by atomic mass is 10.00. The van der Waals surface area contributed by atoms with E-state index in [9.17, 15) is 4.79 Å². The van der Waals surface area contributed by atoms with Crippen molar-refractivity contribution < 1.29 is 14.3 Å². The van der Waals surface area contributed by atoms with Crippen molar-refractivity contribution in [1.29, 1.82) is 0 Å². The number of ether oxygens (including phenoxy) is 2. The van der Waals surface area contributed by atoms with Gasteiger partial charge in [-0.25, -0.2) is 4.79 Å². The highest BCUT2D eigenvalue weighted by molar-refractivity contribution is 5.73. The third-order valence-corrected chi connectivity index (χ3v) is 4.83. The van der Waals surface area contributed by atoms with Crippen molar-refractivity contribution in [3.05, 3.63) is 29.8 Å². The summed E-state index contributed by atoms with van der Waals surface area (Å²) in [4.78, 5) is 14.5. The molecule has 0 radical (unpaired) electrons. The topological polar surface area (TPSA) is 62.8 Å². The van der Waals surface area contributed by atoms with Crippen molar-refractivity contribution in [2.75, 3.05) is 33.3 Å². The number of hydrogen-bond donors (Lipinski definition) is 2. The van der Waals surface area contributed by atoms with E-state index in [1.165, 1.54) is 0 Å². The minimum atomic E-state index is -0.137. The van der Waals surface area contributed by atoms with E-state index in [0.29, 0.717) is 13.1 Å². The number of rotatable bonds is 7. The number of carbonyl (C=O) groups is 1. The quantitative estimate of drug-likeness (QED) is 0.781. The zero-order chi connectivity index (χ0) is 19.2. The van der Waals surface area contributed by atoms with Crippen molar-refractivity contribution in [1.82, 2.24) is 15.5 Å². The second-order valence-corrected chi connectivity index (χ2v) is 7.65. The van der Waals surface area contributed by atoms with Crippen LogP contribution < -0.4 is 15.4 Å². The lowest BCUT2D eigenvalue weighted by molar-refractivity contribution is -0.0947. The van der Waals surface area contributed by atoms with Crippen molar-refractivity contribution in [2.45, 2.75) is 51.9 Å². The van der Waals surface area contributed by atoms with Gasteiger partial charge in [0.1, 0.15) is 5.75 Å². The van der Waals surface area contributed by atoms with Crippen LogP contribution in [-0.4, -0.2) is 62.0 Å². The van der Waals surface area contributed by atoms with Gasteiger partial charge in [0.15, 0.2) is 0 Å². The summed E-state index contributed by atoms with van der Waals surface area (Å²) in [5.41, 5.74) is 0.971. The Bertz CT molecular complexity index is 581. The van der Waals surface area contributed by atoms with Crippen molar-refractivity contribution in [3.63, 3.8) is 0 Å². The first-order valence-electron chi connectivity index (χ1n) is 9.36. The van der Waals surface area contributed by atoms with Crippen LogP contribution in [0.4, 0.5) is 4.79 Å². The van der Waals surface area contributed by atoms with Crippen LogP contribution in [0.15, 0.2) is 24.3 Å². The number of nitrogens with one attached hydrogen (secondary N) is 2. The Kier molecular flexibility index (Phi) is 7.29. The monoisotopic (exact) mass is 363 g/mol. The highest BCUT2D eigenvalue weighted by Gasteiger charge is 2.33. The molecule has 2 rings (SSSR count). The Labute approximate surface area is 157 Å². The molecule has 26 heavy (non-hydrogen) atoms. The smallest absolute Gasteiger partial charge is 0.314 e. The molecular formula is C20H33N3O3. The Balaban J connectivity index is 1.75. The number of morpholine rings is 1. The largest absolute Gasteiger partial charge is 0.496 e. The number of para-hydroxylation sites is 1. The van der Waals surface area contributed by atoms with E-state index in [-0.39, 0.29) is 23.8 Å². The van der Waals surface area contributed by atoms with E-state index >= 15 is 0 Å². The lowest BCUT2D eigenvalue weighted by Gasteiger charge is -2.45. The molecule has 2 atom stereocenters. The van der Waals surface area contributed by atoms with Crippen molar-refractivity contribution in [3.8, 4) is 5.75 Å². The molecule has 0 aromatic heterocycles. The summed E-state index contributed by atoms with van der Waals surface area (Å²) >= 11 is 0. The molecule has 2 amide bonds. The molecule has 1 saturated heterocycles. The van der Waals surface area contributed by atoms with Gasteiger partial charge in [-0.2, -0.15) is 0 Å². The number of nitrogens with zero attached hydrogens (tertiary/aromatic N) is 1. The molecule has 1 heterocycles. The molecule has 146 valence electrons. The van der Waals surface area contributed by atoms with Gasteiger partial charge in [0.25, 0.3) is 0 Å². The molecule has 1 aliphatic heterocycles. The molecule has 0 unspecified atom stereocenters. The van der Waals surface area contributed by atoms with Crippen LogP contribution in [0.2, 0.25) is 0 Å². The molecule has 6 heteroatoms. The molecule has 1 aromatic rings. The number of carbonyl (C=O) groups excluding carboxylic acids is 1. The maximum atomic E-state index is 12.1. The SMILES string of the molecule is COc1ccccc1CCNC(=O)NCC(C)(C)N1C[C@@H](C)O[C@H](C)C1. The van der Waals surface area contributed by atoms with Crippen LogP contribution in [0.3, 0.4) is 0 Å². The van der Waals surface area contributed by atoms with Crippen LogP contribution in [0.1, 0.15) is 33.3 Å². The van der Waals surface area contributed by atoms with E-state index < -0.39 is 0 Å². The summed E-state index contributed by atoms with van der Waals surface area (Å²) in [6.45, 7) is 11.4. The number of urea groups is 1. The van der Waals surface area contributed by atoms with Crippen LogP contribution in [0, 0.1) is 0 Å². The molecular weight excluding hydrogens is 330 g/mol. The fourth-order valence-electron chi connectivity index (χ4n) is 3.36. The minimum Gasteiger partial charge on any atom is -0.496 e. The third kappa shape index (κ3) is 5.88. The van der Waals surface area contributed by atoms with Gasteiger partial charge in [0, 0.05) is 31.7 Å². The first kappa shape index (κ1) is 20.5. The summed E-state index contributed by atoms with van der Waals surface area (Å²) in [7, 11) is 1.66.